The number of hydrogen-bond donors (Lipinski definition) is 1. The molecule has 0 amide bonds. The quantitative estimate of drug-likeness (QED) is 0.386. The van der Waals surface area contributed by atoms with Gasteiger partial charge in [0, 0.05) is 23.0 Å². The minimum absolute atomic E-state index is 0.0200. The van der Waals surface area contributed by atoms with E-state index in [0.717, 1.165) is 11.1 Å². The first-order valence-corrected chi connectivity index (χ1v) is 11.9. The van der Waals surface area contributed by atoms with E-state index in [4.69, 9.17) is 8.92 Å². The number of ether oxygens (including phenoxy) is 1. The lowest BCUT2D eigenvalue weighted by Gasteiger charge is -2.17. The number of rotatable bonds is 6. The Kier molecular flexibility index (Phi) is 5.92. The van der Waals surface area contributed by atoms with E-state index in [1.165, 1.54) is 12.1 Å². The summed E-state index contributed by atoms with van der Waals surface area (Å²) in [6, 6.07) is 6.05. The van der Waals surface area contributed by atoms with Gasteiger partial charge >= 0.3 is 16.1 Å². The van der Waals surface area contributed by atoms with Gasteiger partial charge in [0.2, 0.25) is 0 Å². The van der Waals surface area contributed by atoms with E-state index in [-0.39, 0.29) is 40.5 Å². The lowest BCUT2D eigenvalue weighted by atomic mass is 9.95. The smallest absolute Gasteiger partial charge is 0.342 e. The molecule has 2 aromatic carbocycles. The molecule has 0 radical (unpaired) electrons. The van der Waals surface area contributed by atoms with Gasteiger partial charge in [0.1, 0.15) is 22.8 Å². The monoisotopic (exact) mass is 471 g/mol. The van der Waals surface area contributed by atoms with Gasteiger partial charge in [-0.05, 0) is 57.2 Å². The third kappa shape index (κ3) is 4.32. The van der Waals surface area contributed by atoms with Gasteiger partial charge in [-0.3, -0.25) is 0 Å². The fraction of sp³-hybridized carbons (Fsp3) is 0.333. The first-order valence-electron chi connectivity index (χ1n) is 10.5. The molecule has 4 rings (SSSR count). The Morgan fingerprint density at radius 1 is 1.27 bits per heavy atom. The second kappa shape index (κ2) is 8.55. The third-order valence-corrected chi connectivity index (χ3v) is 7.44. The molecule has 1 atom stereocenters. The summed E-state index contributed by atoms with van der Waals surface area (Å²) >= 11 is 0. The molecule has 174 valence electrons. The molecule has 0 aromatic heterocycles. The van der Waals surface area contributed by atoms with E-state index in [1.54, 1.807) is 25.1 Å². The van der Waals surface area contributed by atoms with Crippen LogP contribution in [0.1, 0.15) is 51.9 Å². The van der Waals surface area contributed by atoms with Crippen LogP contribution in [0.25, 0.3) is 0 Å². The summed E-state index contributed by atoms with van der Waals surface area (Å²) in [6.45, 7) is 3.34. The maximum absolute atomic E-state index is 13.0. The topological polar surface area (TPSA) is 130 Å². The van der Waals surface area contributed by atoms with Crippen molar-refractivity contribution in [1.29, 1.82) is 0 Å². The fourth-order valence-electron chi connectivity index (χ4n) is 4.22. The van der Waals surface area contributed by atoms with Gasteiger partial charge in [-0.1, -0.05) is 29.3 Å². The Bertz CT molecular complexity index is 1270. The van der Waals surface area contributed by atoms with E-state index < -0.39 is 28.0 Å². The Morgan fingerprint density at radius 3 is 2.61 bits per heavy atom. The van der Waals surface area contributed by atoms with Gasteiger partial charge in [0.25, 0.3) is 0 Å². The Balaban J connectivity index is 1.77. The zero-order chi connectivity index (χ0) is 23.9. The third-order valence-electron chi connectivity index (χ3n) is 6.20. The minimum Gasteiger partial charge on any atom is -0.550 e. The van der Waals surface area contributed by atoms with E-state index in [0.29, 0.717) is 30.4 Å². The number of benzene rings is 2. The van der Waals surface area contributed by atoms with Crippen LogP contribution in [0.5, 0.6) is 11.5 Å². The van der Waals surface area contributed by atoms with Gasteiger partial charge in [-0.2, -0.15) is 8.42 Å². The number of carboxylic acids is 1. The Labute approximate surface area is 191 Å². The van der Waals surface area contributed by atoms with Crippen molar-refractivity contribution in [2.24, 2.45) is 5.92 Å². The molecule has 33 heavy (non-hydrogen) atoms. The number of cyclic esters (lactones) is 1. The SMILES string of the molecule is Cc1ccc(S(=O)(=O)Oc2c(C/C=C3\CCC(C(=O)[O-])C3)c(O)c(C)c3c2C(=O)OC3)cc1. The number of phenols is 1. The molecular weight excluding hydrogens is 448 g/mol. The number of carbonyl (C=O) groups is 2. The number of aromatic hydroxyl groups is 1. The molecular formula is C24H23O8S-. The van der Waals surface area contributed by atoms with Crippen molar-refractivity contribution in [1.82, 2.24) is 0 Å². The number of carbonyl (C=O) groups excluding carboxylic acids is 2. The predicted molar refractivity (Wildman–Crippen MR) is 115 cm³/mol. The van der Waals surface area contributed by atoms with Crippen LogP contribution < -0.4 is 9.29 Å². The van der Waals surface area contributed by atoms with Gasteiger partial charge < -0.3 is 23.9 Å². The van der Waals surface area contributed by atoms with Crippen molar-refractivity contribution in [2.45, 2.75) is 51.0 Å². The van der Waals surface area contributed by atoms with E-state index >= 15 is 0 Å². The summed E-state index contributed by atoms with van der Waals surface area (Å²) in [5.74, 6) is -2.85. The highest BCUT2D eigenvalue weighted by Crippen LogP contribution is 2.43. The first-order chi connectivity index (χ1) is 15.6. The highest BCUT2D eigenvalue weighted by molar-refractivity contribution is 7.87. The molecule has 0 spiro atoms. The second-order valence-corrected chi connectivity index (χ2v) is 9.93. The maximum Gasteiger partial charge on any atom is 0.342 e. The van der Waals surface area contributed by atoms with E-state index in [9.17, 15) is 28.2 Å². The maximum atomic E-state index is 13.0. The predicted octanol–water partition coefficient (Wildman–Crippen LogP) is 2.47. The summed E-state index contributed by atoms with van der Waals surface area (Å²) in [6.07, 6.45) is 3.15. The summed E-state index contributed by atoms with van der Waals surface area (Å²) in [5.41, 5.74) is 2.62. The second-order valence-electron chi connectivity index (χ2n) is 8.39. The average Bonchev–Trinajstić information content (AvgIpc) is 3.39. The van der Waals surface area contributed by atoms with Crippen LogP contribution in [0.3, 0.4) is 0 Å². The number of esters is 1. The normalized spacial score (nSPS) is 18.9. The van der Waals surface area contributed by atoms with Gasteiger partial charge in [-0.25, -0.2) is 4.79 Å². The molecule has 1 unspecified atom stereocenters. The summed E-state index contributed by atoms with van der Waals surface area (Å²) < 4.78 is 36.6. The Hall–Kier alpha value is -3.33. The molecule has 0 saturated heterocycles. The molecule has 0 bridgehead atoms. The number of hydrogen-bond acceptors (Lipinski definition) is 8. The van der Waals surface area contributed by atoms with Gasteiger partial charge in [-0.15, -0.1) is 0 Å². The zero-order valence-electron chi connectivity index (χ0n) is 18.2. The van der Waals surface area contributed by atoms with Crippen LogP contribution in [0.15, 0.2) is 40.8 Å². The summed E-state index contributed by atoms with van der Waals surface area (Å²) in [7, 11) is -4.31. The molecule has 8 nitrogen and oxygen atoms in total. The summed E-state index contributed by atoms with van der Waals surface area (Å²) in [5, 5.41) is 22.0. The summed E-state index contributed by atoms with van der Waals surface area (Å²) in [4.78, 5) is 23.5. The molecule has 9 heteroatoms. The lowest BCUT2D eigenvalue weighted by Crippen LogP contribution is -2.29. The first kappa shape index (κ1) is 22.8. The molecule has 1 N–H and O–H groups in total. The number of phenolic OH excluding ortho intramolecular Hbond substituents is 1. The minimum atomic E-state index is -4.31. The van der Waals surface area contributed by atoms with Crippen LogP contribution in [0.4, 0.5) is 0 Å². The molecule has 1 saturated carbocycles. The number of aryl methyl sites for hydroxylation is 1. The van der Waals surface area contributed by atoms with Crippen LogP contribution in [-0.4, -0.2) is 25.5 Å². The molecule has 2 aliphatic rings. The number of aliphatic carboxylic acids is 1. The highest BCUT2D eigenvalue weighted by Gasteiger charge is 2.35. The lowest BCUT2D eigenvalue weighted by molar-refractivity contribution is -0.311. The zero-order valence-corrected chi connectivity index (χ0v) is 19.0. The largest absolute Gasteiger partial charge is 0.550 e. The molecule has 1 heterocycles. The van der Waals surface area contributed by atoms with Crippen molar-refractivity contribution in [3.63, 3.8) is 0 Å². The van der Waals surface area contributed by atoms with Crippen molar-refractivity contribution < 1.29 is 37.1 Å². The fourth-order valence-corrected chi connectivity index (χ4v) is 5.18. The van der Waals surface area contributed by atoms with E-state index in [1.807, 2.05) is 6.92 Å². The standard InChI is InChI=1S/C24H24O8S/c1-13-3-8-17(9-4-13)33(29,30)32-22-18(10-6-15-5-7-16(11-15)23(26)27)21(25)14(2)19-12-31-24(28)20(19)22/h3-4,6,8-9,16,25H,5,7,10-12H2,1-2H3,(H,26,27)/p-1/b15-6+. The van der Waals surface area contributed by atoms with Gasteiger partial charge in [0.05, 0.1) is 0 Å². The Morgan fingerprint density at radius 2 is 1.97 bits per heavy atom. The number of carboxylic acid groups (broad SMARTS) is 1. The number of allylic oxidation sites excluding steroid dienone is 2. The molecule has 1 aliphatic carbocycles. The highest BCUT2D eigenvalue weighted by atomic mass is 32.2. The van der Waals surface area contributed by atoms with Crippen molar-refractivity contribution >= 4 is 22.1 Å². The van der Waals surface area contributed by atoms with Crippen molar-refractivity contribution in [3.05, 3.63) is 63.7 Å². The van der Waals surface area contributed by atoms with Crippen molar-refractivity contribution in [2.75, 3.05) is 0 Å². The van der Waals surface area contributed by atoms with Crippen LogP contribution in [0.2, 0.25) is 0 Å². The van der Waals surface area contributed by atoms with Crippen LogP contribution >= 0.6 is 0 Å². The van der Waals surface area contributed by atoms with Crippen molar-refractivity contribution in [3.8, 4) is 11.5 Å². The average molecular weight is 472 g/mol. The molecule has 2 aromatic rings. The van der Waals surface area contributed by atoms with E-state index in [2.05, 4.69) is 0 Å². The molecule has 1 fully saturated rings. The molecule has 1 aliphatic heterocycles. The van der Waals surface area contributed by atoms with Crippen LogP contribution in [-0.2, 0) is 32.7 Å². The number of fused-ring (bicyclic) bond motifs is 1. The van der Waals surface area contributed by atoms with Crippen LogP contribution in [0, 0.1) is 19.8 Å². The van der Waals surface area contributed by atoms with Gasteiger partial charge in [0.15, 0.2) is 5.75 Å².